The molecular formula is C22H6F6N6. The number of nitrogens with zero attached hydrogens (tertiary/aromatic N) is 6. The Labute approximate surface area is 186 Å². The van der Waals surface area contributed by atoms with Gasteiger partial charge in [0.25, 0.3) is 0 Å². The molecule has 12 heteroatoms. The minimum Gasteiger partial charge on any atom is -0.245 e. The second kappa shape index (κ2) is 8.60. The van der Waals surface area contributed by atoms with E-state index in [1.54, 1.807) is 12.1 Å². The van der Waals surface area contributed by atoms with Crippen LogP contribution in [0.25, 0.3) is 33.6 Å². The summed E-state index contributed by atoms with van der Waals surface area (Å²) in [6.45, 7) is 0. The SMILES string of the molecule is N#Cc1c(-c2ccc(F)nc2F)nc(-c2ccc(F)nc2F)c(C#N)c1-c1ccc(F)nc1F. The number of nitriles is 2. The van der Waals surface area contributed by atoms with Crippen molar-refractivity contribution >= 4 is 0 Å². The molecule has 0 N–H and O–H groups in total. The van der Waals surface area contributed by atoms with E-state index in [9.17, 15) is 36.9 Å². The Balaban J connectivity index is 2.21. The Bertz CT molecular complexity index is 1470. The van der Waals surface area contributed by atoms with Crippen LogP contribution < -0.4 is 0 Å². The number of pyridine rings is 4. The van der Waals surface area contributed by atoms with E-state index in [0.29, 0.717) is 0 Å². The quantitative estimate of drug-likeness (QED) is 0.315. The maximum absolute atomic E-state index is 14.6. The molecule has 4 aromatic rings. The molecular weight excluding hydrogens is 462 g/mol. The van der Waals surface area contributed by atoms with Crippen molar-refractivity contribution in [2.45, 2.75) is 0 Å². The molecule has 0 radical (unpaired) electrons. The van der Waals surface area contributed by atoms with Crippen molar-refractivity contribution < 1.29 is 26.3 Å². The maximum atomic E-state index is 14.6. The molecule has 6 nitrogen and oxygen atoms in total. The van der Waals surface area contributed by atoms with Crippen LogP contribution in [0.2, 0.25) is 0 Å². The highest BCUT2D eigenvalue weighted by Crippen LogP contribution is 2.40. The van der Waals surface area contributed by atoms with Crippen LogP contribution in [0, 0.1) is 58.3 Å². The number of hydrogen-bond acceptors (Lipinski definition) is 6. The zero-order valence-corrected chi connectivity index (χ0v) is 16.4. The van der Waals surface area contributed by atoms with Gasteiger partial charge in [-0.05, 0) is 36.4 Å². The van der Waals surface area contributed by atoms with Crippen molar-refractivity contribution in [3.05, 3.63) is 83.2 Å². The van der Waals surface area contributed by atoms with Gasteiger partial charge < -0.3 is 0 Å². The van der Waals surface area contributed by atoms with E-state index >= 15 is 0 Å². The van der Waals surface area contributed by atoms with Gasteiger partial charge in [0.05, 0.1) is 33.6 Å². The minimum atomic E-state index is -1.44. The fourth-order valence-electron chi connectivity index (χ4n) is 3.24. The monoisotopic (exact) mass is 468 g/mol. The second-order valence-corrected chi connectivity index (χ2v) is 6.57. The highest BCUT2D eigenvalue weighted by atomic mass is 19.2. The molecule has 4 rings (SSSR count). The number of halogens is 6. The average molecular weight is 468 g/mol. The molecule has 0 bridgehead atoms. The van der Waals surface area contributed by atoms with E-state index in [-0.39, 0.29) is 0 Å². The summed E-state index contributed by atoms with van der Waals surface area (Å²) in [6.07, 6.45) is 0. The molecule has 0 aliphatic carbocycles. The van der Waals surface area contributed by atoms with Gasteiger partial charge in [0.2, 0.25) is 35.7 Å². The van der Waals surface area contributed by atoms with Crippen LogP contribution in [0.15, 0.2) is 36.4 Å². The average Bonchev–Trinajstić information content (AvgIpc) is 2.78. The largest absolute Gasteiger partial charge is 0.245 e. The van der Waals surface area contributed by atoms with Crippen molar-refractivity contribution in [1.82, 2.24) is 19.9 Å². The topological polar surface area (TPSA) is 99.1 Å². The van der Waals surface area contributed by atoms with Crippen molar-refractivity contribution in [2.75, 3.05) is 0 Å². The van der Waals surface area contributed by atoms with E-state index < -0.39 is 80.5 Å². The molecule has 34 heavy (non-hydrogen) atoms. The van der Waals surface area contributed by atoms with Gasteiger partial charge in [-0.25, -0.2) is 4.98 Å². The lowest BCUT2D eigenvalue weighted by Crippen LogP contribution is -2.06. The summed E-state index contributed by atoms with van der Waals surface area (Å²) in [4.78, 5) is 13.0. The van der Waals surface area contributed by atoms with Gasteiger partial charge in [-0.2, -0.15) is 51.8 Å². The third-order valence-corrected chi connectivity index (χ3v) is 4.64. The Morgan fingerprint density at radius 3 is 1.18 bits per heavy atom. The van der Waals surface area contributed by atoms with Gasteiger partial charge in [0, 0.05) is 11.1 Å². The molecule has 0 aromatic carbocycles. The maximum Gasteiger partial charge on any atom is 0.225 e. The second-order valence-electron chi connectivity index (χ2n) is 6.57. The van der Waals surface area contributed by atoms with Gasteiger partial charge in [-0.1, -0.05) is 0 Å². The van der Waals surface area contributed by atoms with Crippen LogP contribution in [-0.2, 0) is 0 Å². The molecule has 0 atom stereocenters. The number of hydrogen-bond donors (Lipinski definition) is 0. The lowest BCUT2D eigenvalue weighted by atomic mass is 9.90. The summed E-state index contributed by atoms with van der Waals surface area (Å²) in [5.41, 5.74) is -4.49. The van der Waals surface area contributed by atoms with E-state index in [1.165, 1.54) is 0 Å². The lowest BCUT2D eigenvalue weighted by Gasteiger charge is -2.16. The summed E-state index contributed by atoms with van der Waals surface area (Å²) in [7, 11) is 0. The number of aromatic nitrogens is 4. The van der Waals surface area contributed by atoms with E-state index in [1.807, 2.05) is 0 Å². The molecule has 4 heterocycles. The summed E-state index contributed by atoms with van der Waals surface area (Å²) in [5.74, 6) is -7.88. The Hall–Kier alpha value is -4.84. The first-order valence-corrected chi connectivity index (χ1v) is 9.10. The normalized spacial score (nSPS) is 10.6. The first-order valence-electron chi connectivity index (χ1n) is 9.10. The zero-order chi connectivity index (χ0) is 24.6. The molecule has 0 saturated carbocycles. The van der Waals surface area contributed by atoms with Crippen LogP contribution in [0.1, 0.15) is 11.1 Å². The lowest BCUT2D eigenvalue weighted by molar-refractivity contribution is 0.514. The highest BCUT2D eigenvalue weighted by molar-refractivity contribution is 5.89. The summed E-state index contributed by atoms with van der Waals surface area (Å²) in [5, 5.41) is 19.6. The van der Waals surface area contributed by atoms with Crippen LogP contribution in [0.4, 0.5) is 26.3 Å². The zero-order valence-electron chi connectivity index (χ0n) is 16.4. The van der Waals surface area contributed by atoms with Crippen molar-refractivity contribution in [3.63, 3.8) is 0 Å². The predicted molar refractivity (Wildman–Crippen MR) is 103 cm³/mol. The van der Waals surface area contributed by atoms with Crippen LogP contribution in [0.5, 0.6) is 0 Å². The standard InChI is InChI=1S/C22H6F6N6/c23-14-4-1-9(20(26)31-14)17-12(7-29)18(10-2-5-15(24)32-21(10)27)34-19(13(17)8-30)11-3-6-16(25)33-22(11)28/h1-6H. The molecule has 166 valence electrons. The van der Waals surface area contributed by atoms with Gasteiger partial charge in [0.1, 0.15) is 12.1 Å². The molecule has 0 fully saturated rings. The predicted octanol–water partition coefficient (Wildman–Crippen LogP) is 4.85. The van der Waals surface area contributed by atoms with E-state index in [2.05, 4.69) is 19.9 Å². The van der Waals surface area contributed by atoms with Crippen LogP contribution in [-0.4, -0.2) is 19.9 Å². The van der Waals surface area contributed by atoms with Crippen molar-refractivity contribution in [2.24, 2.45) is 0 Å². The fraction of sp³-hybridized carbons (Fsp3) is 0. The van der Waals surface area contributed by atoms with E-state index in [0.717, 1.165) is 36.4 Å². The van der Waals surface area contributed by atoms with Gasteiger partial charge in [-0.3, -0.25) is 0 Å². The van der Waals surface area contributed by atoms with Gasteiger partial charge >= 0.3 is 0 Å². The molecule has 0 unspecified atom stereocenters. The third kappa shape index (κ3) is 3.78. The summed E-state index contributed by atoms with van der Waals surface area (Å²) >= 11 is 0. The molecule has 4 aromatic heterocycles. The fourth-order valence-corrected chi connectivity index (χ4v) is 3.24. The molecule has 0 spiro atoms. The molecule has 0 amide bonds. The molecule has 0 aliphatic heterocycles. The third-order valence-electron chi connectivity index (χ3n) is 4.64. The summed E-state index contributed by atoms with van der Waals surface area (Å²) in [6, 6.07) is 8.17. The van der Waals surface area contributed by atoms with Crippen molar-refractivity contribution in [1.29, 1.82) is 10.5 Å². The Morgan fingerprint density at radius 1 is 0.500 bits per heavy atom. The summed E-state index contributed by atoms with van der Waals surface area (Å²) < 4.78 is 83.9. The minimum absolute atomic E-state index is 0.526. The van der Waals surface area contributed by atoms with Gasteiger partial charge in [-0.15, -0.1) is 0 Å². The van der Waals surface area contributed by atoms with Crippen LogP contribution >= 0.6 is 0 Å². The first-order chi connectivity index (χ1) is 16.2. The highest BCUT2D eigenvalue weighted by Gasteiger charge is 2.28. The van der Waals surface area contributed by atoms with E-state index in [4.69, 9.17) is 0 Å². The first kappa shape index (κ1) is 22.4. The Morgan fingerprint density at radius 2 is 0.853 bits per heavy atom. The molecule has 0 aliphatic rings. The van der Waals surface area contributed by atoms with Crippen molar-refractivity contribution in [3.8, 4) is 45.8 Å². The smallest absolute Gasteiger partial charge is 0.225 e. The van der Waals surface area contributed by atoms with Crippen LogP contribution in [0.3, 0.4) is 0 Å². The number of rotatable bonds is 3. The van der Waals surface area contributed by atoms with Gasteiger partial charge in [0.15, 0.2) is 0 Å². The molecule has 0 saturated heterocycles. The Kier molecular flexibility index (Phi) is 5.65.